The molecule has 4 aliphatic rings. The highest BCUT2D eigenvalue weighted by atomic mass is 79.9. The van der Waals surface area contributed by atoms with E-state index in [1.807, 2.05) is 0 Å². The van der Waals surface area contributed by atoms with Gasteiger partial charge in [0.15, 0.2) is 0 Å². The molecule has 0 aromatic carbocycles. The van der Waals surface area contributed by atoms with Crippen LogP contribution in [0.1, 0.15) is 91.9 Å². The first-order valence-electron chi connectivity index (χ1n) is 13.0. The Balaban J connectivity index is 1.63. The summed E-state index contributed by atoms with van der Waals surface area (Å²) in [4.78, 5) is 24.2. The molecule has 32 heavy (non-hydrogen) atoms. The molecule has 0 aromatic heterocycles. The van der Waals surface area contributed by atoms with E-state index in [1.165, 1.54) is 58.5 Å². The van der Waals surface area contributed by atoms with Gasteiger partial charge in [0.2, 0.25) is 0 Å². The molecule has 0 spiro atoms. The third kappa shape index (κ3) is 3.96. The lowest BCUT2D eigenvalue weighted by molar-refractivity contribution is -0.185. The van der Waals surface area contributed by atoms with Gasteiger partial charge in [-0.25, -0.2) is 0 Å². The molecule has 4 aliphatic carbocycles. The van der Waals surface area contributed by atoms with Crippen molar-refractivity contribution in [1.82, 2.24) is 0 Å². The number of hydrogen-bond donors (Lipinski definition) is 0. The molecular weight excluding hydrogens is 468 g/mol. The SMILES string of the molecule is COC(=O)CC[C@H](C)[C@H]1CCC2C3C(OC(C)=O)[C@H](Br)[C@@H]4CCCC[C@]4(C)C3CC[C@@]21C. The third-order valence-corrected chi connectivity index (χ3v) is 11.8. The molecule has 4 saturated carbocycles. The van der Waals surface area contributed by atoms with Gasteiger partial charge in [0.25, 0.3) is 0 Å². The Morgan fingerprint density at radius 2 is 1.72 bits per heavy atom. The molecule has 4 fully saturated rings. The van der Waals surface area contributed by atoms with Crippen molar-refractivity contribution < 1.29 is 19.1 Å². The van der Waals surface area contributed by atoms with Gasteiger partial charge in [-0.05, 0) is 85.4 Å². The molecule has 4 nitrogen and oxygen atoms in total. The van der Waals surface area contributed by atoms with Crippen LogP contribution in [0.4, 0.5) is 0 Å². The highest BCUT2D eigenvalue weighted by Gasteiger charge is 2.65. The molecule has 0 radical (unpaired) electrons. The molecule has 0 aliphatic heterocycles. The number of hydrogen-bond acceptors (Lipinski definition) is 4. The Morgan fingerprint density at radius 3 is 2.41 bits per heavy atom. The number of rotatable bonds is 5. The van der Waals surface area contributed by atoms with Gasteiger partial charge in [0.05, 0.1) is 11.9 Å². The zero-order chi connectivity index (χ0) is 23.3. The summed E-state index contributed by atoms with van der Waals surface area (Å²) < 4.78 is 11.1. The van der Waals surface area contributed by atoms with Crippen LogP contribution < -0.4 is 0 Å². The average Bonchev–Trinajstić information content (AvgIpc) is 3.11. The van der Waals surface area contributed by atoms with Crippen molar-refractivity contribution in [2.45, 2.75) is 103 Å². The van der Waals surface area contributed by atoms with Crippen molar-refractivity contribution in [3.8, 4) is 0 Å². The first-order chi connectivity index (χ1) is 15.1. The summed E-state index contributed by atoms with van der Waals surface area (Å²) in [5.41, 5.74) is 0.614. The molecule has 4 rings (SSSR count). The molecule has 0 heterocycles. The van der Waals surface area contributed by atoms with Gasteiger partial charge in [-0.3, -0.25) is 9.59 Å². The second-order valence-corrected chi connectivity index (χ2v) is 13.0. The van der Waals surface area contributed by atoms with Gasteiger partial charge in [-0.2, -0.15) is 0 Å². The molecule has 182 valence electrons. The monoisotopic (exact) mass is 510 g/mol. The maximum atomic E-state index is 12.2. The standard InChI is InChI=1S/C27H43BrO4/c1-16(9-12-22(30)31-5)18-10-11-19-23-20(13-15-27(18,19)4)26(3)14-7-6-8-21(26)24(28)25(23)32-17(2)29/h16,18-21,23-25H,6-15H2,1-5H3/t16-,18+,19?,20?,21-,23?,24+,25?,26+,27+/m0/s1. The summed E-state index contributed by atoms with van der Waals surface area (Å²) in [5.74, 6) is 3.19. The van der Waals surface area contributed by atoms with E-state index in [9.17, 15) is 9.59 Å². The largest absolute Gasteiger partial charge is 0.469 e. The van der Waals surface area contributed by atoms with E-state index in [-0.39, 0.29) is 28.3 Å². The number of ether oxygens (including phenoxy) is 2. The zero-order valence-corrected chi connectivity index (χ0v) is 22.3. The number of fused-ring (bicyclic) bond motifs is 5. The Bertz CT molecular complexity index is 724. The van der Waals surface area contributed by atoms with E-state index in [0.29, 0.717) is 47.3 Å². The second kappa shape index (κ2) is 9.23. The normalized spacial score (nSPS) is 46.4. The van der Waals surface area contributed by atoms with Crippen molar-refractivity contribution in [2.24, 2.45) is 46.3 Å². The van der Waals surface area contributed by atoms with Crippen LogP contribution in [0.2, 0.25) is 0 Å². The number of carbonyl (C=O) groups is 2. The summed E-state index contributed by atoms with van der Waals surface area (Å²) in [5, 5.41) is 0. The third-order valence-electron chi connectivity index (χ3n) is 10.7. The number of alkyl halides is 1. The molecule has 0 amide bonds. The Labute approximate surface area is 203 Å². The van der Waals surface area contributed by atoms with Crippen LogP contribution in [0.15, 0.2) is 0 Å². The van der Waals surface area contributed by atoms with Crippen LogP contribution in [-0.2, 0) is 19.1 Å². The van der Waals surface area contributed by atoms with Gasteiger partial charge < -0.3 is 9.47 Å². The molecule has 0 aromatic rings. The average molecular weight is 512 g/mol. The number of halogens is 1. The van der Waals surface area contributed by atoms with E-state index >= 15 is 0 Å². The van der Waals surface area contributed by atoms with Gasteiger partial charge in [-0.1, -0.05) is 49.5 Å². The minimum Gasteiger partial charge on any atom is -0.469 e. The van der Waals surface area contributed by atoms with Crippen LogP contribution in [-0.4, -0.2) is 30.0 Å². The van der Waals surface area contributed by atoms with Gasteiger partial charge >= 0.3 is 11.9 Å². The predicted octanol–water partition coefficient (Wildman–Crippen LogP) is 6.54. The van der Waals surface area contributed by atoms with E-state index in [1.54, 1.807) is 6.92 Å². The zero-order valence-electron chi connectivity index (χ0n) is 20.7. The predicted molar refractivity (Wildman–Crippen MR) is 129 cm³/mol. The summed E-state index contributed by atoms with van der Waals surface area (Å²) >= 11 is 4.10. The van der Waals surface area contributed by atoms with Crippen molar-refractivity contribution in [1.29, 1.82) is 0 Å². The topological polar surface area (TPSA) is 52.6 Å². The number of carbonyl (C=O) groups excluding carboxylic acids is 2. The van der Waals surface area contributed by atoms with Crippen LogP contribution in [0.5, 0.6) is 0 Å². The smallest absolute Gasteiger partial charge is 0.305 e. The lowest BCUT2D eigenvalue weighted by Crippen LogP contribution is -2.62. The van der Waals surface area contributed by atoms with E-state index in [4.69, 9.17) is 9.47 Å². The molecular formula is C27H43BrO4. The Morgan fingerprint density at radius 1 is 1.00 bits per heavy atom. The number of methoxy groups -OCH3 is 1. The lowest BCUT2D eigenvalue weighted by atomic mass is 9.43. The highest BCUT2D eigenvalue weighted by Crippen LogP contribution is 2.69. The minimum absolute atomic E-state index is 0.0116. The molecule has 0 saturated heterocycles. The first kappa shape index (κ1) is 24.5. The lowest BCUT2D eigenvalue weighted by Gasteiger charge is -2.63. The van der Waals surface area contributed by atoms with E-state index < -0.39 is 0 Å². The maximum absolute atomic E-state index is 12.2. The van der Waals surface area contributed by atoms with Gasteiger partial charge in [-0.15, -0.1) is 0 Å². The fourth-order valence-corrected chi connectivity index (χ4v) is 10.5. The quantitative estimate of drug-likeness (QED) is 0.311. The Hall–Kier alpha value is -0.580. The highest BCUT2D eigenvalue weighted by molar-refractivity contribution is 9.09. The van der Waals surface area contributed by atoms with Crippen LogP contribution >= 0.6 is 15.9 Å². The summed E-state index contributed by atoms with van der Waals surface area (Å²) in [7, 11) is 1.48. The summed E-state index contributed by atoms with van der Waals surface area (Å²) in [6.07, 6.45) is 11.6. The van der Waals surface area contributed by atoms with E-state index in [0.717, 1.165) is 6.42 Å². The first-order valence-corrected chi connectivity index (χ1v) is 13.9. The van der Waals surface area contributed by atoms with Gasteiger partial charge in [0.1, 0.15) is 6.10 Å². The molecule has 10 atom stereocenters. The fourth-order valence-electron chi connectivity index (χ4n) is 9.19. The number of esters is 2. The molecule has 0 bridgehead atoms. The minimum atomic E-state index is -0.133. The summed E-state index contributed by atoms with van der Waals surface area (Å²) in [6.45, 7) is 8.99. The van der Waals surface area contributed by atoms with Crippen molar-refractivity contribution in [3.05, 3.63) is 0 Å². The second-order valence-electron chi connectivity index (χ2n) is 12.0. The molecule has 5 heteroatoms. The fraction of sp³-hybridized carbons (Fsp3) is 0.926. The van der Waals surface area contributed by atoms with Crippen molar-refractivity contribution in [2.75, 3.05) is 7.11 Å². The van der Waals surface area contributed by atoms with Crippen LogP contribution in [0, 0.1) is 46.3 Å². The van der Waals surface area contributed by atoms with Gasteiger partial charge in [0, 0.05) is 19.3 Å². The van der Waals surface area contributed by atoms with E-state index in [2.05, 4.69) is 36.7 Å². The van der Waals surface area contributed by atoms with Crippen LogP contribution in [0.25, 0.3) is 0 Å². The van der Waals surface area contributed by atoms with Crippen molar-refractivity contribution >= 4 is 27.9 Å². The van der Waals surface area contributed by atoms with Crippen LogP contribution in [0.3, 0.4) is 0 Å². The molecule has 0 N–H and O–H groups in total. The summed E-state index contributed by atoms with van der Waals surface area (Å²) in [6, 6.07) is 0. The Kier molecular flexibility index (Phi) is 7.08. The molecule has 4 unspecified atom stereocenters. The maximum Gasteiger partial charge on any atom is 0.305 e. The van der Waals surface area contributed by atoms with Crippen molar-refractivity contribution in [3.63, 3.8) is 0 Å².